The first-order valence-corrected chi connectivity index (χ1v) is 10.4. The number of ether oxygens (including phenoxy) is 4. The van der Waals surface area contributed by atoms with Crippen molar-refractivity contribution in [3.63, 3.8) is 0 Å². The van der Waals surface area contributed by atoms with Crippen molar-refractivity contribution in [1.82, 2.24) is 5.32 Å². The van der Waals surface area contributed by atoms with Gasteiger partial charge in [-0.1, -0.05) is 24.6 Å². The molecule has 0 radical (unpaired) electrons. The fourth-order valence-corrected chi connectivity index (χ4v) is 3.40. The molecular weight excluding hydrogens is 452 g/mol. The van der Waals surface area contributed by atoms with Crippen LogP contribution in [0.25, 0.3) is 6.08 Å². The van der Waals surface area contributed by atoms with E-state index >= 15 is 0 Å². The zero-order valence-electron chi connectivity index (χ0n) is 18.6. The Kier molecular flexibility index (Phi) is 7.44. The summed E-state index contributed by atoms with van der Waals surface area (Å²) in [6.07, 6.45) is 2.19. The number of hydrogen-bond donors (Lipinski definition) is 1. The highest BCUT2D eigenvalue weighted by Crippen LogP contribution is 2.39. The van der Waals surface area contributed by atoms with Gasteiger partial charge in [0.2, 0.25) is 0 Å². The summed E-state index contributed by atoms with van der Waals surface area (Å²) in [5, 5.41) is 2.40. The first kappa shape index (κ1) is 23.9. The van der Waals surface area contributed by atoms with Gasteiger partial charge in [0.25, 0.3) is 11.8 Å². The van der Waals surface area contributed by atoms with Gasteiger partial charge < -0.3 is 18.9 Å². The number of carbonyl (C=O) groups excluding carboxylic acids is 3. The summed E-state index contributed by atoms with van der Waals surface area (Å²) in [7, 11) is 4.25. The van der Waals surface area contributed by atoms with E-state index in [1.807, 2.05) is 6.92 Å². The van der Waals surface area contributed by atoms with Gasteiger partial charge in [0.05, 0.1) is 38.6 Å². The molecule has 2 aromatic rings. The molecule has 0 aromatic heterocycles. The molecule has 0 unspecified atom stereocenters. The minimum atomic E-state index is -0.925. The summed E-state index contributed by atoms with van der Waals surface area (Å²) in [4.78, 5) is 39.2. The zero-order valence-corrected chi connectivity index (χ0v) is 19.3. The Morgan fingerprint density at radius 1 is 0.939 bits per heavy atom. The third-order valence-electron chi connectivity index (χ3n) is 4.76. The van der Waals surface area contributed by atoms with Crippen LogP contribution >= 0.6 is 11.6 Å². The minimum Gasteiger partial charge on any atom is -0.495 e. The Hall–Kier alpha value is -3.72. The number of anilines is 1. The molecule has 0 spiro atoms. The standard InChI is InChI=1S/C23H23ClN2O7/c1-5-8-33-17-7-6-13(10-20(17)32-4)9-14-21(27)25-23(29)26(22(14)28)16-12-18(30-2)15(24)11-19(16)31-3/h6-7,9-12H,5,8H2,1-4H3,(H,25,27,29). The molecule has 174 valence electrons. The van der Waals surface area contributed by atoms with Crippen LogP contribution in [-0.4, -0.2) is 45.8 Å². The van der Waals surface area contributed by atoms with Gasteiger partial charge >= 0.3 is 6.03 Å². The molecule has 0 bridgehead atoms. The molecule has 9 nitrogen and oxygen atoms in total. The van der Waals surface area contributed by atoms with E-state index in [9.17, 15) is 14.4 Å². The Labute approximate surface area is 195 Å². The highest BCUT2D eigenvalue weighted by atomic mass is 35.5. The molecule has 3 rings (SSSR count). The van der Waals surface area contributed by atoms with Crippen LogP contribution in [0.15, 0.2) is 35.9 Å². The lowest BCUT2D eigenvalue weighted by Crippen LogP contribution is -2.54. The number of rotatable bonds is 8. The van der Waals surface area contributed by atoms with Crippen molar-refractivity contribution in [2.75, 3.05) is 32.8 Å². The second kappa shape index (κ2) is 10.3. The maximum absolute atomic E-state index is 13.3. The lowest BCUT2D eigenvalue weighted by atomic mass is 10.1. The number of nitrogens with zero attached hydrogens (tertiary/aromatic N) is 1. The Morgan fingerprint density at radius 2 is 1.64 bits per heavy atom. The maximum Gasteiger partial charge on any atom is 0.336 e. The highest BCUT2D eigenvalue weighted by molar-refractivity contribution is 6.39. The molecule has 1 saturated heterocycles. The lowest BCUT2D eigenvalue weighted by Gasteiger charge is -2.28. The van der Waals surface area contributed by atoms with Gasteiger partial charge in [-0.2, -0.15) is 0 Å². The number of halogens is 1. The van der Waals surface area contributed by atoms with Crippen molar-refractivity contribution in [3.8, 4) is 23.0 Å². The molecule has 0 saturated carbocycles. The van der Waals surface area contributed by atoms with E-state index in [4.69, 9.17) is 30.5 Å². The number of benzene rings is 2. The fourth-order valence-electron chi connectivity index (χ4n) is 3.17. The number of barbiturate groups is 1. The number of carbonyl (C=O) groups is 3. The average molecular weight is 475 g/mol. The summed E-state index contributed by atoms with van der Waals surface area (Å²) in [5.74, 6) is -0.308. The third kappa shape index (κ3) is 4.88. The zero-order chi connectivity index (χ0) is 24.1. The molecule has 1 aliphatic rings. The highest BCUT2D eigenvalue weighted by Gasteiger charge is 2.38. The van der Waals surface area contributed by atoms with E-state index in [0.29, 0.717) is 23.7 Å². The normalized spacial score (nSPS) is 14.9. The molecule has 0 aliphatic carbocycles. The lowest BCUT2D eigenvalue weighted by molar-refractivity contribution is -0.122. The fraction of sp³-hybridized carbons (Fsp3) is 0.261. The van der Waals surface area contributed by atoms with Crippen molar-refractivity contribution in [2.24, 2.45) is 0 Å². The molecule has 33 heavy (non-hydrogen) atoms. The number of amides is 4. The number of methoxy groups -OCH3 is 3. The molecule has 1 N–H and O–H groups in total. The molecule has 2 aromatic carbocycles. The van der Waals surface area contributed by atoms with Crippen LogP contribution in [0.2, 0.25) is 5.02 Å². The summed E-state index contributed by atoms with van der Waals surface area (Å²) in [5.41, 5.74) is 0.319. The molecule has 1 fully saturated rings. The second-order valence-corrected chi connectivity index (χ2v) is 7.28. The Balaban J connectivity index is 2.04. The first-order valence-electron chi connectivity index (χ1n) is 9.98. The van der Waals surface area contributed by atoms with E-state index in [-0.39, 0.29) is 27.8 Å². The minimum absolute atomic E-state index is 0.0699. The van der Waals surface area contributed by atoms with Crippen LogP contribution in [0.5, 0.6) is 23.0 Å². The predicted molar refractivity (Wildman–Crippen MR) is 122 cm³/mol. The van der Waals surface area contributed by atoms with E-state index in [1.54, 1.807) is 18.2 Å². The van der Waals surface area contributed by atoms with E-state index in [1.165, 1.54) is 39.5 Å². The molecule has 10 heteroatoms. The summed E-state index contributed by atoms with van der Waals surface area (Å²) < 4.78 is 21.5. The van der Waals surface area contributed by atoms with Crippen LogP contribution in [0.1, 0.15) is 18.9 Å². The van der Waals surface area contributed by atoms with E-state index in [0.717, 1.165) is 11.3 Å². The first-order chi connectivity index (χ1) is 15.8. The number of urea groups is 1. The molecule has 4 amide bonds. The second-order valence-electron chi connectivity index (χ2n) is 6.88. The maximum atomic E-state index is 13.3. The molecule has 1 heterocycles. The van der Waals surface area contributed by atoms with Crippen LogP contribution in [0.4, 0.5) is 10.5 Å². The van der Waals surface area contributed by atoms with Gasteiger partial charge in [-0.25, -0.2) is 9.69 Å². The quantitative estimate of drug-likeness (QED) is 0.458. The van der Waals surface area contributed by atoms with Gasteiger partial charge in [-0.15, -0.1) is 0 Å². The SMILES string of the molecule is CCCOc1ccc(C=C2C(=O)NC(=O)N(c3cc(OC)c(Cl)cc3OC)C2=O)cc1OC. The van der Waals surface area contributed by atoms with Gasteiger partial charge in [-0.05, 0) is 30.2 Å². The van der Waals surface area contributed by atoms with Crippen LogP contribution in [0.3, 0.4) is 0 Å². The Bertz CT molecular complexity index is 1130. The van der Waals surface area contributed by atoms with E-state index in [2.05, 4.69) is 5.32 Å². The van der Waals surface area contributed by atoms with Crippen molar-refractivity contribution < 1.29 is 33.3 Å². The van der Waals surface area contributed by atoms with Gasteiger partial charge in [0.1, 0.15) is 17.1 Å². The van der Waals surface area contributed by atoms with Crippen LogP contribution in [-0.2, 0) is 9.59 Å². The topological polar surface area (TPSA) is 103 Å². The van der Waals surface area contributed by atoms with E-state index < -0.39 is 17.8 Å². The van der Waals surface area contributed by atoms with Crippen LogP contribution < -0.4 is 29.2 Å². The largest absolute Gasteiger partial charge is 0.495 e. The van der Waals surface area contributed by atoms with Crippen LogP contribution in [0, 0.1) is 0 Å². The summed E-state index contributed by atoms with van der Waals surface area (Å²) in [6, 6.07) is 6.86. The number of imide groups is 2. The van der Waals surface area contributed by atoms with Gasteiger partial charge in [0, 0.05) is 12.1 Å². The average Bonchev–Trinajstić information content (AvgIpc) is 2.81. The molecule has 1 aliphatic heterocycles. The number of hydrogen-bond acceptors (Lipinski definition) is 7. The third-order valence-corrected chi connectivity index (χ3v) is 5.05. The molecule has 0 atom stereocenters. The number of nitrogens with one attached hydrogen (secondary N) is 1. The van der Waals surface area contributed by atoms with Crippen molar-refractivity contribution in [2.45, 2.75) is 13.3 Å². The Morgan fingerprint density at radius 3 is 2.27 bits per heavy atom. The summed E-state index contributed by atoms with van der Waals surface area (Å²) >= 11 is 6.13. The summed E-state index contributed by atoms with van der Waals surface area (Å²) in [6.45, 7) is 2.50. The smallest absolute Gasteiger partial charge is 0.336 e. The van der Waals surface area contributed by atoms with Gasteiger partial charge in [0.15, 0.2) is 11.5 Å². The van der Waals surface area contributed by atoms with Crippen molar-refractivity contribution in [3.05, 3.63) is 46.5 Å². The van der Waals surface area contributed by atoms with Crippen molar-refractivity contribution >= 4 is 41.2 Å². The predicted octanol–water partition coefficient (Wildman–Crippen LogP) is 3.82. The van der Waals surface area contributed by atoms with Crippen molar-refractivity contribution in [1.29, 1.82) is 0 Å². The van der Waals surface area contributed by atoms with Gasteiger partial charge in [-0.3, -0.25) is 14.9 Å². The molecular formula is C23H23ClN2O7. The monoisotopic (exact) mass is 474 g/mol.